The molecule has 0 atom stereocenters. The predicted octanol–water partition coefficient (Wildman–Crippen LogP) is 2.59. The van der Waals surface area contributed by atoms with Gasteiger partial charge in [-0.1, -0.05) is 0 Å². The van der Waals surface area contributed by atoms with Crippen LogP contribution in [0.4, 0.5) is 10.5 Å². The number of thiazole rings is 1. The number of anilines is 1. The first kappa shape index (κ1) is 13.3. The molecule has 0 saturated heterocycles. The number of rotatable bonds is 4. The van der Waals surface area contributed by atoms with Crippen LogP contribution in [0, 0.1) is 6.92 Å². The van der Waals surface area contributed by atoms with Gasteiger partial charge in [-0.2, -0.15) is 0 Å². The second kappa shape index (κ2) is 5.38. The molecule has 2 amide bonds. The molecule has 1 aliphatic rings. The Hall–Kier alpha value is -1.66. The molecule has 1 aromatic heterocycles. The number of aryl methyl sites for hydroxylation is 1. The van der Waals surface area contributed by atoms with Crippen molar-refractivity contribution in [2.45, 2.75) is 25.8 Å². The number of hydrogen-bond donors (Lipinski definition) is 2. The third-order valence-electron chi connectivity index (χ3n) is 3.34. The average molecular weight is 291 g/mol. The molecule has 1 aliphatic carbocycles. The largest absolute Gasteiger partial charge is 0.395 e. The van der Waals surface area contributed by atoms with Crippen molar-refractivity contribution in [2.75, 3.05) is 18.5 Å². The third-order valence-corrected chi connectivity index (χ3v) is 4.27. The lowest BCUT2D eigenvalue weighted by Gasteiger charge is -2.21. The summed E-state index contributed by atoms with van der Waals surface area (Å²) in [4.78, 5) is 18.3. The van der Waals surface area contributed by atoms with Gasteiger partial charge in [0.2, 0.25) is 0 Å². The van der Waals surface area contributed by atoms with Crippen LogP contribution in [0.25, 0.3) is 10.2 Å². The van der Waals surface area contributed by atoms with E-state index in [1.807, 2.05) is 25.1 Å². The number of aliphatic hydroxyl groups is 1. The van der Waals surface area contributed by atoms with E-state index in [-0.39, 0.29) is 18.7 Å². The van der Waals surface area contributed by atoms with Crippen molar-refractivity contribution in [3.8, 4) is 0 Å². The number of aliphatic hydroxyl groups excluding tert-OH is 1. The van der Waals surface area contributed by atoms with Crippen LogP contribution in [0.15, 0.2) is 18.2 Å². The van der Waals surface area contributed by atoms with Crippen LogP contribution in [0.1, 0.15) is 17.8 Å². The number of aromatic nitrogens is 1. The van der Waals surface area contributed by atoms with Crippen molar-refractivity contribution in [3.63, 3.8) is 0 Å². The minimum Gasteiger partial charge on any atom is -0.395 e. The monoisotopic (exact) mass is 291 g/mol. The molecule has 5 nitrogen and oxygen atoms in total. The summed E-state index contributed by atoms with van der Waals surface area (Å²) in [5.41, 5.74) is 1.73. The molecule has 1 saturated carbocycles. The van der Waals surface area contributed by atoms with E-state index < -0.39 is 0 Å². The smallest absolute Gasteiger partial charge is 0.322 e. The molecule has 3 rings (SSSR count). The Bertz CT molecular complexity index is 636. The lowest BCUT2D eigenvalue weighted by molar-refractivity contribution is 0.185. The van der Waals surface area contributed by atoms with E-state index in [0.717, 1.165) is 33.8 Å². The van der Waals surface area contributed by atoms with Crippen molar-refractivity contribution in [1.29, 1.82) is 0 Å². The third kappa shape index (κ3) is 2.76. The zero-order valence-corrected chi connectivity index (χ0v) is 12.1. The molecular formula is C14H17N3O2S. The second-order valence-electron chi connectivity index (χ2n) is 4.99. The molecule has 0 unspecified atom stereocenters. The zero-order chi connectivity index (χ0) is 14.1. The summed E-state index contributed by atoms with van der Waals surface area (Å²) in [7, 11) is 0. The lowest BCUT2D eigenvalue weighted by atomic mass is 10.3. The minimum atomic E-state index is -0.137. The number of fused-ring (bicyclic) bond motifs is 1. The first-order chi connectivity index (χ1) is 9.67. The van der Waals surface area contributed by atoms with Crippen molar-refractivity contribution < 1.29 is 9.90 Å². The van der Waals surface area contributed by atoms with Crippen LogP contribution in [-0.2, 0) is 0 Å². The highest BCUT2D eigenvalue weighted by atomic mass is 32.1. The molecule has 106 valence electrons. The second-order valence-corrected chi connectivity index (χ2v) is 6.23. The van der Waals surface area contributed by atoms with Crippen molar-refractivity contribution >= 4 is 33.3 Å². The van der Waals surface area contributed by atoms with Crippen molar-refractivity contribution in [2.24, 2.45) is 0 Å². The van der Waals surface area contributed by atoms with E-state index in [9.17, 15) is 4.79 Å². The van der Waals surface area contributed by atoms with Crippen molar-refractivity contribution in [3.05, 3.63) is 23.2 Å². The molecule has 1 heterocycles. The number of urea groups is 1. The van der Waals surface area contributed by atoms with Gasteiger partial charge in [0, 0.05) is 18.3 Å². The SMILES string of the molecule is Cc1nc2ccc(NC(=O)N(CCO)C3CC3)cc2s1. The Morgan fingerprint density at radius 3 is 3.05 bits per heavy atom. The lowest BCUT2D eigenvalue weighted by Crippen LogP contribution is -2.38. The molecule has 6 heteroatoms. The molecule has 1 aromatic carbocycles. The Kier molecular flexibility index (Phi) is 3.58. The van der Waals surface area contributed by atoms with Gasteiger partial charge in [-0.05, 0) is 38.0 Å². The Morgan fingerprint density at radius 1 is 1.55 bits per heavy atom. The number of hydrogen-bond acceptors (Lipinski definition) is 4. The Morgan fingerprint density at radius 2 is 2.35 bits per heavy atom. The molecule has 20 heavy (non-hydrogen) atoms. The summed E-state index contributed by atoms with van der Waals surface area (Å²) in [6.45, 7) is 2.36. The molecule has 0 spiro atoms. The summed E-state index contributed by atoms with van der Waals surface area (Å²) in [5.74, 6) is 0. The summed E-state index contributed by atoms with van der Waals surface area (Å²) in [6.07, 6.45) is 2.06. The first-order valence-electron chi connectivity index (χ1n) is 6.73. The van der Waals surface area contributed by atoms with E-state index in [0.29, 0.717) is 6.54 Å². The summed E-state index contributed by atoms with van der Waals surface area (Å²) in [5, 5.41) is 13.0. The van der Waals surface area contributed by atoms with Gasteiger partial charge >= 0.3 is 6.03 Å². The highest BCUT2D eigenvalue weighted by molar-refractivity contribution is 7.18. The van der Waals surface area contributed by atoms with E-state index in [1.165, 1.54) is 0 Å². The topological polar surface area (TPSA) is 65.5 Å². The normalized spacial score (nSPS) is 14.5. The molecule has 2 aromatic rings. The summed E-state index contributed by atoms with van der Waals surface area (Å²) < 4.78 is 1.07. The van der Waals surface area contributed by atoms with Gasteiger partial charge in [0.05, 0.1) is 21.8 Å². The van der Waals surface area contributed by atoms with Gasteiger partial charge in [-0.25, -0.2) is 9.78 Å². The first-order valence-corrected chi connectivity index (χ1v) is 7.54. The highest BCUT2D eigenvalue weighted by Crippen LogP contribution is 2.28. The molecular weight excluding hydrogens is 274 g/mol. The number of nitrogens with one attached hydrogen (secondary N) is 1. The van der Waals surface area contributed by atoms with Crippen molar-refractivity contribution in [1.82, 2.24) is 9.88 Å². The van der Waals surface area contributed by atoms with Crippen LogP contribution in [0.5, 0.6) is 0 Å². The van der Waals surface area contributed by atoms with E-state index in [1.54, 1.807) is 16.2 Å². The minimum absolute atomic E-state index is 0.00298. The molecule has 1 fully saturated rings. The average Bonchev–Trinajstić information content (AvgIpc) is 3.17. The zero-order valence-electron chi connectivity index (χ0n) is 11.3. The number of carbonyl (C=O) groups is 1. The summed E-state index contributed by atoms with van der Waals surface area (Å²) in [6, 6.07) is 5.88. The van der Waals surface area contributed by atoms with E-state index >= 15 is 0 Å². The number of benzene rings is 1. The highest BCUT2D eigenvalue weighted by Gasteiger charge is 2.32. The van der Waals surface area contributed by atoms with Gasteiger partial charge in [0.15, 0.2) is 0 Å². The predicted molar refractivity (Wildman–Crippen MR) is 80.2 cm³/mol. The van der Waals surface area contributed by atoms with Crippen LogP contribution in [0.3, 0.4) is 0 Å². The Labute approximate surface area is 121 Å². The number of carbonyl (C=O) groups excluding carboxylic acids is 1. The van der Waals surface area contributed by atoms with Gasteiger partial charge in [0.25, 0.3) is 0 Å². The molecule has 2 N–H and O–H groups in total. The maximum atomic E-state index is 12.2. The maximum absolute atomic E-state index is 12.2. The fraction of sp³-hybridized carbons (Fsp3) is 0.429. The molecule has 0 bridgehead atoms. The molecule has 0 radical (unpaired) electrons. The van der Waals surface area contributed by atoms with Gasteiger partial charge in [-0.3, -0.25) is 0 Å². The van der Waals surface area contributed by atoms with Crippen LogP contribution >= 0.6 is 11.3 Å². The standard InChI is InChI=1S/C14H17N3O2S/c1-9-15-12-5-2-10(8-13(12)20-9)16-14(19)17(6-7-18)11-3-4-11/h2,5,8,11,18H,3-4,6-7H2,1H3,(H,16,19). The van der Waals surface area contributed by atoms with Crippen LogP contribution < -0.4 is 5.32 Å². The van der Waals surface area contributed by atoms with Gasteiger partial charge in [0.1, 0.15) is 0 Å². The van der Waals surface area contributed by atoms with E-state index in [4.69, 9.17) is 5.11 Å². The fourth-order valence-corrected chi connectivity index (χ4v) is 3.12. The Balaban J connectivity index is 1.75. The number of nitrogens with zero attached hydrogens (tertiary/aromatic N) is 2. The fourth-order valence-electron chi connectivity index (χ4n) is 2.26. The van der Waals surface area contributed by atoms with E-state index in [2.05, 4.69) is 10.3 Å². The van der Waals surface area contributed by atoms with Gasteiger partial charge in [-0.15, -0.1) is 11.3 Å². The quantitative estimate of drug-likeness (QED) is 0.910. The van der Waals surface area contributed by atoms with Crippen LogP contribution in [-0.4, -0.2) is 40.2 Å². The van der Waals surface area contributed by atoms with Crippen LogP contribution in [0.2, 0.25) is 0 Å². The number of amides is 2. The maximum Gasteiger partial charge on any atom is 0.322 e. The molecule has 0 aliphatic heterocycles. The van der Waals surface area contributed by atoms with Gasteiger partial charge < -0.3 is 15.3 Å². The summed E-state index contributed by atoms with van der Waals surface area (Å²) >= 11 is 1.61.